The lowest BCUT2D eigenvalue weighted by molar-refractivity contribution is -0.120. The Hall–Kier alpha value is -1.53. The summed E-state index contributed by atoms with van der Waals surface area (Å²) in [6.07, 6.45) is 1.08. The number of amides is 1. The van der Waals surface area contributed by atoms with Crippen molar-refractivity contribution in [3.05, 3.63) is 24.3 Å². The van der Waals surface area contributed by atoms with Crippen molar-refractivity contribution in [1.82, 2.24) is 5.32 Å². The van der Waals surface area contributed by atoms with Crippen LogP contribution in [0.5, 0.6) is 5.75 Å². The summed E-state index contributed by atoms with van der Waals surface area (Å²) in [6, 6.07) is 6.49. The lowest BCUT2D eigenvalue weighted by Gasteiger charge is -2.06. The lowest BCUT2D eigenvalue weighted by atomic mass is 9.80. The molecule has 0 fully saturated rings. The molecule has 1 amide bonds. The van der Waals surface area contributed by atoms with E-state index in [4.69, 9.17) is 14.8 Å². The molecule has 92 valence electrons. The van der Waals surface area contributed by atoms with Crippen LogP contribution >= 0.6 is 0 Å². The molecule has 0 radical (unpaired) electrons. The van der Waals surface area contributed by atoms with Crippen LogP contribution in [0.15, 0.2) is 24.3 Å². The number of carbonyl (C=O) groups is 1. The largest absolute Gasteiger partial charge is 0.494 e. The number of rotatable bonds is 6. The van der Waals surface area contributed by atoms with Crippen LogP contribution in [0.3, 0.4) is 0 Å². The van der Waals surface area contributed by atoms with E-state index in [-0.39, 0.29) is 5.91 Å². The molecule has 0 heterocycles. The Balaban J connectivity index is 2.30. The summed E-state index contributed by atoms with van der Waals surface area (Å²) in [5.74, 6) is 0.638. The third kappa shape index (κ3) is 4.88. The summed E-state index contributed by atoms with van der Waals surface area (Å²) < 4.78 is 5.39. The van der Waals surface area contributed by atoms with Crippen LogP contribution in [-0.2, 0) is 4.79 Å². The van der Waals surface area contributed by atoms with Gasteiger partial charge >= 0.3 is 7.12 Å². The minimum Gasteiger partial charge on any atom is -0.494 e. The Kier molecular flexibility index (Phi) is 5.52. The first-order valence-corrected chi connectivity index (χ1v) is 5.43. The molecular weight excluding hydrogens is 221 g/mol. The monoisotopic (exact) mass is 237 g/mol. The van der Waals surface area contributed by atoms with E-state index in [1.54, 1.807) is 31.3 Å². The molecule has 1 aromatic rings. The van der Waals surface area contributed by atoms with Crippen LogP contribution in [0, 0.1) is 0 Å². The van der Waals surface area contributed by atoms with Crippen LogP contribution in [0.4, 0.5) is 0 Å². The zero-order valence-corrected chi connectivity index (χ0v) is 9.72. The van der Waals surface area contributed by atoms with E-state index in [1.807, 2.05) is 0 Å². The summed E-state index contributed by atoms with van der Waals surface area (Å²) in [4.78, 5) is 10.9. The van der Waals surface area contributed by atoms with E-state index in [0.717, 1.165) is 0 Å². The molecule has 1 rings (SSSR count). The predicted octanol–water partition coefficient (Wildman–Crippen LogP) is -0.729. The van der Waals surface area contributed by atoms with Gasteiger partial charge < -0.3 is 20.1 Å². The van der Waals surface area contributed by atoms with Crippen molar-refractivity contribution in [2.45, 2.75) is 12.8 Å². The molecule has 5 nitrogen and oxygen atoms in total. The number of hydrogen-bond donors (Lipinski definition) is 3. The van der Waals surface area contributed by atoms with Crippen molar-refractivity contribution in [2.75, 3.05) is 13.7 Å². The predicted molar refractivity (Wildman–Crippen MR) is 65.1 cm³/mol. The highest BCUT2D eigenvalue weighted by Gasteiger charge is 2.09. The molecule has 0 unspecified atom stereocenters. The Morgan fingerprint density at radius 1 is 1.35 bits per heavy atom. The standard InChI is InChI=1S/C11H16BNO4/c1-13-11(14)3-2-8-17-10-6-4-9(5-7-10)12(15)16/h4-7,15-16H,2-3,8H2,1H3,(H,13,14). The maximum Gasteiger partial charge on any atom is 0.488 e. The highest BCUT2D eigenvalue weighted by Crippen LogP contribution is 2.08. The van der Waals surface area contributed by atoms with Gasteiger partial charge in [-0.2, -0.15) is 0 Å². The second-order valence-electron chi connectivity index (χ2n) is 3.57. The van der Waals surface area contributed by atoms with Crippen LogP contribution in [0.2, 0.25) is 0 Å². The van der Waals surface area contributed by atoms with E-state index in [9.17, 15) is 4.79 Å². The van der Waals surface area contributed by atoms with Crippen molar-refractivity contribution in [2.24, 2.45) is 0 Å². The number of ether oxygens (including phenoxy) is 1. The maximum absolute atomic E-state index is 10.9. The van der Waals surface area contributed by atoms with E-state index in [0.29, 0.717) is 30.7 Å². The van der Waals surface area contributed by atoms with E-state index >= 15 is 0 Å². The molecule has 0 aliphatic carbocycles. The van der Waals surface area contributed by atoms with E-state index < -0.39 is 7.12 Å². The van der Waals surface area contributed by atoms with Crippen molar-refractivity contribution in [1.29, 1.82) is 0 Å². The lowest BCUT2D eigenvalue weighted by Crippen LogP contribution is -2.29. The summed E-state index contributed by atoms with van der Waals surface area (Å²) in [6.45, 7) is 0.453. The minimum absolute atomic E-state index is 0.00708. The van der Waals surface area contributed by atoms with E-state index in [2.05, 4.69) is 5.32 Å². The fraction of sp³-hybridized carbons (Fsp3) is 0.364. The molecular formula is C11H16BNO4. The molecule has 0 bridgehead atoms. The molecule has 0 saturated carbocycles. The molecule has 0 atom stereocenters. The van der Waals surface area contributed by atoms with Gasteiger partial charge in [0.15, 0.2) is 0 Å². The third-order valence-corrected chi connectivity index (χ3v) is 2.27. The third-order valence-electron chi connectivity index (χ3n) is 2.27. The Bertz CT molecular complexity index is 353. The quantitative estimate of drug-likeness (QED) is 0.450. The van der Waals surface area contributed by atoms with Gasteiger partial charge in [-0.25, -0.2) is 0 Å². The zero-order valence-electron chi connectivity index (χ0n) is 9.72. The van der Waals surface area contributed by atoms with Gasteiger partial charge in [0.2, 0.25) is 5.91 Å². The van der Waals surface area contributed by atoms with Crippen LogP contribution in [-0.4, -0.2) is 36.7 Å². The van der Waals surface area contributed by atoms with Crippen LogP contribution in [0.25, 0.3) is 0 Å². The summed E-state index contributed by atoms with van der Waals surface area (Å²) in [7, 11) is 0.138. The fourth-order valence-corrected chi connectivity index (χ4v) is 1.28. The average Bonchev–Trinajstić information content (AvgIpc) is 2.34. The highest BCUT2D eigenvalue weighted by atomic mass is 16.5. The number of hydrogen-bond acceptors (Lipinski definition) is 4. The highest BCUT2D eigenvalue weighted by molar-refractivity contribution is 6.58. The van der Waals surface area contributed by atoms with Crippen molar-refractivity contribution in [3.8, 4) is 5.75 Å². The molecule has 0 saturated heterocycles. The fourth-order valence-electron chi connectivity index (χ4n) is 1.28. The Labute approximate surface area is 101 Å². The van der Waals surface area contributed by atoms with Gasteiger partial charge in [0, 0.05) is 13.5 Å². The molecule has 0 spiro atoms. The second kappa shape index (κ2) is 6.93. The van der Waals surface area contributed by atoms with Crippen molar-refractivity contribution < 1.29 is 19.6 Å². The first-order valence-electron chi connectivity index (χ1n) is 5.43. The van der Waals surface area contributed by atoms with Gasteiger partial charge in [-0.1, -0.05) is 12.1 Å². The van der Waals surface area contributed by atoms with Crippen LogP contribution in [0.1, 0.15) is 12.8 Å². The molecule has 3 N–H and O–H groups in total. The molecule has 6 heteroatoms. The van der Waals surface area contributed by atoms with Gasteiger partial charge in [-0.15, -0.1) is 0 Å². The van der Waals surface area contributed by atoms with Gasteiger partial charge in [0.1, 0.15) is 5.75 Å². The van der Waals surface area contributed by atoms with Crippen molar-refractivity contribution >= 4 is 18.5 Å². The molecule has 0 aromatic heterocycles. The number of nitrogens with one attached hydrogen (secondary N) is 1. The topological polar surface area (TPSA) is 78.8 Å². The maximum atomic E-state index is 10.9. The van der Waals surface area contributed by atoms with Gasteiger partial charge in [0.25, 0.3) is 0 Å². The second-order valence-corrected chi connectivity index (χ2v) is 3.57. The van der Waals surface area contributed by atoms with Crippen molar-refractivity contribution in [3.63, 3.8) is 0 Å². The summed E-state index contributed by atoms with van der Waals surface area (Å²) >= 11 is 0. The van der Waals surface area contributed by atoms with Gasteiger partial charge in [-0.3, -0.25) is 4.79 Å². The molecule has 17 heavy (non-hydrogen) atoms. The summed E-state index contributed by atoms with van der Waals surface area (Å²) in [5, 5.41) is 20.3. The SMILES string of the molecule is CNC(=O)CCCOc1ccc(B(O)O)cc1. The Morgan fingerprint density at radius 3 is 2.53 bits per heavy atom. The molecule has 0 aliphatic heterocycles. The van der Waals surface area contributed by atoms with E-state index in [1.165, 1.54) is 0 Å². The van der Waals surface area contributed by atoms with Gasteiger partial charge in [0.05, 0.1) is 6.61 Å². The summed E-state index contributed by atoms with van der Waals surface area (Å²) in [5.41, 5.74) is 0.419. The zero-order chi connectivity index (χ0) is 12.7. The Morgan fingerprint density at radius 2 is 2.00 bits per heavy atom. The first-order chi connectivity index (χ1) is 8.13. The normalized spacial score (nSPS) is 9.82. The minimum atomic E-state index is -1.46. The number of benzene rings is 1. The average molecular weight is 237 g/mol. The molecule has 1 aromatic carbocycles. The van der Waals surface area contributed by atoms with Crippen LogP contribution < -0.4 is 15.5 Å². The molecule has 0 aliphatic rings. The first kappa shape index (κ1) is 13.5. The van der Waals surface area contributed by atoms with Gasteiger partial charge in [-0.05, 0) is 24.0 Å². The smallest absolute Gasteiger partial charge is 0.488 e. The number of carbonyl (C=O) groups excluding carboxylic acids is 1.